The lowest BCUT2D eigenvalue weighted by molar-refractivity contribution is -0.134. The van der Waals surface area contributed by atoms with Gasteiger partial charge < -0.3 is 13.9 Å². The fraction of sp³-hybridized carbons (Fsp3) is 0.158. The van der Waals surface area contributed by atoms with Gasteiger partial charge in [0.05, 0.1) is 25.3 Å². The third-order valence-corrected chi connectivity index (χ3v) is 3.53. The van der Waals surface area contributed by atoms with Crippen LogP contribution >= 0.6 is 0 Å². The van der Waals surface area contributed by atoms with Gasteiger partial charge in [0.15, 0.2) is 23.1 Å². The van der Waals surface area contributed by atoms with Crippen LogP contribution in [-0.4, -0.2) is 18.1 Å². The number of para-hydroxylation sites is 2. The first-order valence-corrected chi connectivity index (χ1v) is 7.70. The van der Waals surface area contributed by atoms with Crippen molar-refractivity contribution in [3.8, 4) is 22.8 Å². The number of aromatic nitrogens is 1. The maximum Gasteiger partial charge on any atom is 0.311 e. The molecule has 0 saturated heterocycles. The van der Waals surface area contributed by atoms with Crippen molar-refractivity contribution in [2.24, 2.45) is 0 Å². The highest BCUT2D eigenvalue weighted by Gasteiger charge is 2.14. The van der Waals surface area contributed by atoms with Gasteiger partial charge in [-0.2, -0.15) is 0 Å². The molecular weight excluding hydrogens is 325 g/mol. The molecule has 1 heterocycles. The Hall–Kier alpha value is -3.15. The molecule has 0 atom stereocenters. The van der Waals surface area contributed by atoms with Gasteiger partial charge in [-0.1, -0.05) is 24.3 Å². The van der Waals surface area contributed by atoms with E-state index in [2.05, 4.69) is 4.98 Å². The fourth-order valence-electron chi connectivity index (χ4n) is 2.30. The molecule has 3 aromatic rings. The standard InChI is InChI=1S/C19H16FNO4/c1-23-15-8-4-5-9-16(15)25-19(22)11-10-18-21-12-17(24-18)13-6-2-3-7-14(13)20/h2-9,12H,10-11H2,1H3. The van der Waals surface area contributed by atoms with Crippen molar-refractivity contribution < 1.29 is 23.1 Å². The molecule has 128 valence electrons. The fourth-order valence-corrected chi connectivity index (χ4v) is 2.30. The summed E-state index contributed by atoms with van der Waals surface area (Å²) in [4.78, 5) is 16.1. The highest BCUT2D eigenvalue weighted by atomic mass is 19.1. The normalized spacial score (nSPS) is 10.5. The van der Waals surface area contributed by atoms with Gasteiger partial charge in [0.25, 0.3) is 0 Å². The Balaban J connectivity index is 1.61. The average molecular weight is 341 g/mol. The zero-order chi connectivity index (χ0) is 17.6. The van der Waals surface area contributed by atoms with Gasteiger partial charge in [0.1, 0.15) is 5.82 Å². The molecule has 0 radical (unpaired) electrons. The Bertz CT molecular complexity index is 875. The minimum Gasteiger partial charge on any atom is -0.493 e. The Morgan fingerprint density at radius 3 is 2.60 bits per heavy atom. The number of rotatable bonds is 6. The molecule has 0 aliphatic heterocycles. The van der Waals surface area contributed by atoms with Gasteiger partial charge in [-0.15, -0.1) is 0 Å². The number of oxazole rings is 1. The van der Waals surface area contributed by atoms with Gasteiger partial charge in [-0.25, -0.2) is 9.37 Å². The number of hydrogen-bond acceptors (Lipinski definition) is 5. The second-order valence-corrected chi connectivity index (χ2v) is 5.22. The van der Waals surface area contributed by atoms with E-state index in [4.69, 9.17) is 13.9 Å². The molecule has 0 aliphatic carbocycles. The second-order valence-electron chi connectivity index (χ2n) is 5.22. The predicted molar refractivity (Wildman–Crippen MR) is 88.8 cm³/mol. The van der Waals surface area contributed by atoms with E-state index in [1.807, 2.05) is 0 Å². The number of aryl methyl sites for hydroxylation is 1. The van der Waals surface area contributed by atoms with E-state index in [-0.39, 0.29) is 18.7 Å². The first kappa shape index (κ1) is 16.7. The number of halogens is 1. The molecule has 0 amide bonds. The van der Waals surface area contributed by atoms with Crippen LogP contribution < -0.4 is 9.47 Å². The first-order valence-electron chi connectivity index (χ1n) is 7.70. The molecule has 0 spiro atoms. The van der Waals surface area contributed by atoms with Crippen LogP contribution in [0.3, 0.4) is 0 Å². The summed E-state index contributed by atoms with van der Waals surface area (Å²) in [6.45, 7) is 0. The van der Waals surface area contributed by atoms with Crippen LogP contribution in [0.4, 0.5) is 4.39 Å². The number of ether oxygens (including phenoxy) is 2. The molecule has 0 N–H and O–H groups in total. The Kier molecular flexibility index (Phi) is 5.09. The van der Waals surface area contributed by atoms with Crippen molar-refractivity contribution in [1.82, 2.24) is 4.98 Å². The second kappa shape index (κ2) is 7.61. The first-order chi connectivity index (χ1) is 12.2. The summed E-state index contributed by atoms with van der Waals surface area (Å²) in [5, 5.41) is 0. The smallest absolute Gasteiger partial charge is 0.311 e. The van der Waals surface area contributed by atoms with E-state index in [0.717, 1.165) is 0 Å². The van der Waals surface area contributed by atoms with Crippen LogP contribution in [0.25, 0.3) is 11.3 Å². The molecular formula is C19H16FNO4. The van der Waals surface area contributed by atoms with Crippen molar-refractivity contribution in [1.29, 1.82) is 0 Å². The van der Waals surface area contributed by atoms with Gasteiger partial charge in [0.2, 0.25) is 0 Å². The van der Waals surface area contributed by atoms with E-state index < -0.39 is 5.97 Å². The summed E-state index contributed by atoms with van der Waals surface area (Å²) in [5.41, 5.74) is 0.331. The number of carbonyl (C=O) groups excluding carboxylic acids is 1. The van der Waals surface area contributed by atoms with Crippen LogP contribution in [0.5, 0.6) is 11.5 Å². The third-order valence-electron chi connectivity index (χ3n) is 3.53. The average Bonchev–Trinajstić information content (AvgIpc) is 3.09. The molecule has 25 heavy (non-hydrogen) atoms. The zero-order valence-electron chi connectivity index (χ0n) is 13.6. The molecule has 0 saturated carbocycles. The molecule has 2 aromatic carbocycles. The Labute approximate surface area is 144 Å². The summed E-state index contributed by atoms with van der Waals surface area (Å²) < 4.78 is 29.7. The van der Waals surface area contributed by atoms with Crippen LogP contribution in [-0.2, 0) is 11.2 Å². The zero-order valence-corrected chi connectivity index (χ0v) is 13.6. The minimum atomic E-state index is -0.435. The van der Waals surface area contributed by atoms with E-state index in [1.165, 1.54) is 19.4 Å². The van der Waals surface area contributed by atoms with Crippen molar-refractivity contribution in [3.05, 3.63) is 66.4 Å². The molecule has 3 rings (SSSR count). The lowest BCUT2D eigenvalue weighted by atomic mass is 10.2. The molecule has 0 bridgehead atoms. The van der Waals surface area contributed by atoms with Crippen molar-refractivity contribution >= 4 is 5.97 Å². The molecule has 0 fully saturated rings. The van der Waals surface area contributed by atoms with Crippen LogP contribution in [0.1, 0.15) is 12.3 Å². The van der Waals surface area contributed by atoms with Crippen molar-refractivity contribution in [3.63, 3.8) is 0 Å². The molecule has 1 aromatic heterocycles. The highest BCUT2D eigenvalue weighted by molar-refractivity contribution is 5.73. The third kappa shape index (κ3) is 4.03. The summed E-state index contributed by atoms with van der Waals surface area (Å²) in [6.07, 6.45) is 1.77. The van der Waals surface area contributed by atoms with Gasteiger partial charge in [-0.05, 0) is 24.3 Å². The highest BCUT2D eigenvalue weighted by Crippen LogP contribution is 2.27. The van der Waals surface area contributed by atoms with E-state index in [9.17, 15) is 9.18 Å². The largest absolute Gasteiger partial charge is 0.493 e. The van der Waals surface area contributed by atoms with Crippen LogP contribution in [0.2, 0.25) is 0 Å². The number of hydrogen-bond donors (Lipinski definition) is 0. The van der Waals surface area contributed by atoms with Gasteiger partial charge >= 0.3 is 5.97 Å². The number of methoxy groups -OCH3 is 1. The van der Waals surface area contributed by atoms with Gasteiger partial charge in [-0.3, -0.25) is 4.79 Å². The lowest BCUT2D eigenvalue weighted by Crippen LogP contribution is -2.09. The molecule has 5 nitrogen and oxygen atoms in total. The quantitative estimate of drug-likeness (QED) is 0.500. The number of esters is 1. The Morgan fingerprint density at radius 2 is 1.84 bits per heavy atom. The van der Waals surface area contributed by atoms with Gasteiger partial charge in [0, 0.05) is 6.42 Å². The maximum atomic E-state index is 13.7. The summed E-state index contributed by atoms with van der Waals surface area (Å²) in [6, 6.07) is 13.2. The topological polar surface area (TPSA) is 61.6 Å². The molecule has 0 aliphatic rings. The summed E-state index contributed by atoms with van der Waals surface area (Å²) in [7, 11) is 1.50. The van der Waals surface area contributed by atoms with Crippen LogP contribution in [0, 0.1) is 5.82 Å². The monoisotopic (exact) mass is 341 g/mol. The van der Waals surface area contributed by atoms with Crippen molar-refractivity contribution in [2.75, 3.05) is 7.11 Å². The number of nitrogens with zero attached hydrogens (tertiary/aromatic N) is 1. The number of carbonyl (C=O) groups is 1. The minimum absolute atomic E-state index is 0.0786. The Morgan fingerprint density at radius 1 is 1.12 bits per heavy atom. The van der Waals surface area contributed by atoms with E-state index >= 15 is 0 Å². The number of benzene rings is 2. The maximum absolute atomic E-state index is 13.7. The lowest BCUT2D eigenvalue weighted by Gasteiger charge is -2.08. The molecule has 6 heteroatoms. The summed E-state index contributed by atoms with van der Waals surface area (Å²) in [5.74, 6) is 0.681. The van der Waals surface area contributed by atoms with Crippen molar-refractivity contribution in [2.45, 2.75) is 12.8 Å². The van der Waals surface area contributed by atoms with E-state index in [0.29, 0.717) is 28.7 Å². The van der Waals surface area contributed by atoms with E-state index in [1.54, 1.807) is 42.5 Å². The summed E-state index contributed by atoms with van der Waals surface area (Å²) >= 11 is 0. The predicted octanol–water partition coefficient (Wildman–Crippen LogP) is 4.03. The van der Waals surface area contributed by atoms with Crippen LogP contribution in [0.15, 0.2) is 59.1 Å². The SMILES string of the molecule is COc1ccccc1OC(=O)CCc1ncc(-c2ccccc2F)o1. The molecule has 0 unspecified atom stereocenters.